The molecular weight excluding hydrogens is 216 g/mol. The minimum absolute atomic E-state index is 0.447. The Morgan fingerprint density at radius 2 is 2.47 bits per heavy atom. The number of carbonyl (C=O) groups excluding carboxylic acids is 1. The molecule has 0 aliphatic carbocycles. The first-order valence-electron chi connectivity index (χ1n) is 5.99. The molecule has 1 atom stereocenters. The predicted molar refractivity (Wildman–Crippen MR) is 66.9 cm³/mol. The Kier molecular flexibility index (Phi) is 3.93. The van der Waals surface area contributed by atoms with E-state index >= 15 is 0 Å². The third-order valence-electron chi connectivity index (χ3n) is 3.00. The Balaban J connectivity index is 1.96. The van der Waals surface area contributed by atoms with E-state index in [-0.39, 0.29) is 0 Å². The van der Waals surface area contributed by atoms with Crippen LogP contribution in [0.2, 0.25) is 0 Å². The Labute approximate surface area is 101 Å². The summed E-state index contributed by atoms with van der Waals surface area (Å²) in [6.07, 6.45) is 5.31. The molecule has 1 aromatic heterocycles. The average molecular weight is 234 g/mol. The van der Waals surface area contributed by atoms with Gasteiger partial charge in [0.15, 0.2) is 0 Å². The van der Waals surface area contributed by atoms with Crippen molar-refractivity contribution < 1.29 is 4.79 Å². The predicted octanol–water partition coefficient (Wildman–Crippen LogP) is 0.734. The summed E-state index contributed by atoms with van der Waals surface area (Å²) in [6.45, 7) is 1.84. The second-order valence-corrected chi connectivity index (χ2v) is 4.29. The summed E-state index contributed by atoms with van der Waals surface area (Å²) in [5.41, 5.74) is 5.74. The van der Waals surface area contributed by atoms with Gasteiger partial charge in [0.05, 0.1) is 5.56 Å². The zero-order chi connectivity index (χ0) is 12.1. The molecule has 1 unspecified atom stereocenters. The lowest BCUT2D eigenvalue weighted by Gasteiger charge is -2.24. The number of hydrogen-bond acceptors (Lipinski definition) is 4. The first-order valence-corrected chi connectivity index (χ1v) is 5.99. The van der Waals surface area contributed by atoms with Crippen LogP contribution in [0.25, 0.3) is 0 Å². The van der Waals surface area contributed by atoms with Gasteiger partial charge in [-0.25, -0.2) is 4.98 Å². The summed E-state index contributed by atoms with van der Waals surface area (Å²) in [5, 5.41) is 6.62. The molecule has 1 amide bonds. The standard InChI is InChI=1S/C12H18N4O/c13-11(17)10-5-3-7-15-12(10)16-8-9-4-1-2-6-14-9/h3,5,7,9,14H,1-2,4,6,8H2,(H2,13,17)(H,15,16). The summed E-state index contributed by atoms with van der Waals surface area (Å²) in [7, 11) is 0. The fourth-order valence-corrected chi connectivity index (χ4v) is 2.06. The lowest BCUT2D eigenvalue weighted by molar-refractivity contribution is 0.100. The Morgan fingerprint density at radius 1 is 1.59 bits per heavy atom. The second-order valence-electron chi connectivity index (χ2n) is 4.29. The van der Waals surface area contributed by atoms with Crippen LogP contribution in [0, 0.1) is 0 Å². The van der Waals surface area contributed by atoms with E-state index in [2.05, 4.69) is 15.6 Å². The highest BCUT2D eigenvalue weighted by Crippen LogP contribution is 2.12. The quantitative estimate of drug-likeness (QED) is 0.717. The fourth-order valence-electron chi connectivity index (χ4n) is 2.06. The van der Waals surface area contributed by atoms with Gasteiger partial charge >= 0.3 is 0 Å². The van der Waals surface area contributed by atoms with E-state index < -0.39 is 5.91 Å². The second kappa shape index (κ2) is 5.63. The number of amides is 1. The molecule has 1 aromatic rings. The van der Waals surface area contributed by atoms with Crippen LogP contribution in [-0.4, -0.2) is 30.0 Å². The van der Waals surface area contributed by atoms with E-state index in [1.165, 1.54) is 12.8 Å². The van der Waals surface area contributed by atoms with Crippen molar-refractivity contribution in [2.24, 2.45) is 5.73 Å². The molecule has 0 saturated carbocycles. The van der Waals surface area contributed by atoms with Gasteiger partial charge in [0, 0.05) is 18.8 Å². The topological polar surface area (TPSA) is 80.0 Å². The van der Waals surface area contributed by atoms with Crippen LogP contribution in [0.1, 0.15) is 29.6 Å². The van der Waals surface area contributed by atoms with Crippen LogP contribution in [0.3, 0.4) is 0 Å². The lowest BCUT2D eigenvalue weighted by atomic mass is 10.1. The zero-order valence-corrected chi connectivity index (χ0v) is 9.78. The summed E-state index contributed by atoms with van der Waals surface area (Å²) in [5.74, 6) is 0.129. The average Bonchev–Trinajstić information content (AvgIpc) is 2.38. The highest BCUT2D eigenvalue weighted by atomic mass is 16.1. The van der Waals surface area contributed by atoms with Crippen molar-refractivity contribution >= 4 is 11.7 Å². The molecule has 0 bridgehead atoms. The van der Waals surface area contributed by atoms with Crippen LogP contribution in [0.15, 0.2) is 18.3 Å². The van der Waals surface area contributed by atoms with Crippen LogP contribution in [0.5, 0.6) is 0 Å². The highest BCUT2D eigenvalue weighted by molar-refractivity contribution is 5.97. The van der Waals surface area contributed by atoms with Crippen molar-refractivity contribution in [1.82, 2.24) is 10.3 Å². The largest absolute Gasteiger partial charge is 0.368 e. The molecule has 0 aromatic carbocycles. The first-order chi connectivity index (χ1) is 8.27. The smallest absolute Gasteiger partial charge is 0.252 e. The SMILES string of the molecule is NC(=O)c1cccnc1NCC1CCCCN1. The molecular formula is C12H18N4O. The number of nitrogens with two attached hydrogens (primary N) is 1. The molecule has 2 heterocycles. The molecule has 1 aliphatic rings. The third-order valence-corrected chi connectivity index (χ3v) is 3.00. The van der Waals surface area contributed by atoms with Crippen molar-refractivity contribution in [2.75, 3.05) is 18.4 Å². The van der Waals surface area contributed by atoms with E-state index in [9.17, 15) is 4.79 Å². The summed E-state index contributed by atoms with van der Waals surface area (Å²) in [4.78, 5) is 15.3. The van der Waals surface area contributed by atoms with E-state index in [0.717, 1.165) is 19.5 Å². The number of anilines is 1. The van der Waals surface area contributed by atoms with Gasteiger partial charge in [0.1, 0.15) is 5.82 Å². The van der Waals surface area contributed by atoms with Crippen molar-refractivity contribution in [3.05, 3.63) is 23.9 Å². The van der Waals surface area contributed by atoms with Crippen molar-refractivity contribution in [3.8, 4) is 0 Å². The van der Waals surface area contributed by atoms with Gasteiger partial charge in [-0.2, -0.15) is 0 Å². The summed E-state index contributed by atoms with van der Waals surface area (Å²) in [6, 6.07) is 3.85. The van der Waals surface area contributed by atoms with Crippen molar-refractivity contribution in [2.45, 2.75) is 25.3 Å². The summed E-state index contributed by atoms with van der Waals surface area (Å²) >= 11 is 0. The summed E-state index contributed by atoms with van der Waals surface area (Å²) < 4.78 is 0. The molecule has 17 heavy (non-hydrogen) atoms. The number of piperidine rings is 1. The molecule has 2 rings (SSSR count). The number of primary amides is 1. The molecule has 0 radical (unpaired) electrons. The number of carbonyl (C=O) groups is 1. The molecule has 5 nitrogen and oxygen atoms in total. The maximum absolute atomic E-state index is 11.2. The van der Waals surface area contributed by atoms with E-state index in [1.807, 2.05) is 0 Å². The van der Waals surface area contributed by atoms with Crippen LogP contribution < -0.4 is 16.4 Å². The lowest BCUT2D eigenvalue weighted by Crippen LogP contribution is -2.39. The number of pyridine rings is 1. The van der Waals surface area contributed by atoms with E-state index in [0.29, 0.717) is 17.4 Å². The Bertz CT molecular complexity index is 388. The minimum Gasteiger partial charge on any atom is -0.368 e. The van der Waals surface area contributed by atoms with Gasteiger partial charge in [-0.3, -0.25) is 4.79 Å². The zero-order valence-electron chi connectivity index (χ0n) is 9.78. The molecule has 1 aliphatic heterocycles. The van der Waals surface area contributed by atoms with Gasteiger partial charge < -0.3 is 16.4 Å². The number of aromatic nitrogens is 1. The van der Waals surface area contributed by atoms with E-state index in [4.69, 9.17) is 5.73 Å². The molecule has 5 heteroatoms. The number of nitrogens with zero attached hydrogens (tertiary/aromatic N) is 1. The van der Waals surface area contributed by atoms with Crippen molar-refractivity contribution in [3.63, 3.8) is 0 Å². The Hall–Kier alpha value is -1.62. The first kappa shape index (κ1) is 11.9. The van der Waals surface area contributed by atoms with Gasteiger partial charge in [-0.1, -0.05) is 6.42 Å². The van der Waals surface area contributed by atoms with Crippen LogP contribution in [0.4, 0.5) is 5.82 Å². The maximum Gasteiger partial charge on any atom is 0.252 e. The number of nitrogens with one attached hydrogen (secondary N) is 2. The van der Waals surface area contributed by atoms with Crippen LogP contribution in [-0.2, 0) is 0 Å². The van der Waals surface area contributed by atoms with E-state index in [1.54, 1.807) is 18.3 Å². The highest BCUT2D eigenvalue weighted by Gasteiger charge is 2.14. The molecule has 92 valence electrons. The number of hydrogen-bond donors (Lipinski definition) is 3. The van der Waals surface area contributed by atoms with Crippen molar-refractivity contribution in [1.29, 1.82) is 0 Å². The normalized spacial score (nSPS) is 19.9. The minimum atomic E-state index is -0.447. The molecule has 0 spiro atoms. The maximum atomic E-state index is 11.2. The third kappa shape index (κ3) is 3.17. The van der Waals surface area contributed by atoms with Gasteiger partial charge in [0.2, 0.25) is 0 Å². The monoisotopic (exact) mass is 234 g/mol. The fraction of sp³-hybridized carbons (Fsp3) is 0.500. The molecule has 1 fully saturated rings. The van der Waals surface area contributed by atoms with Crippen LogP contribution >= 0.6 is 0 Å². The number of rotatable bonds is 4. The van der Waals surface area contributed by atoms with Gasteiger partial charge in [0.25, 0.3) is 5.91 Å². The molecule has 1 saturated heterocycles. The van der Waals surface area contributed by atoms with Gasteiger partial charge in [-0.05, 0) is 31.5 Å². The Morgan fingerprint density at radius 3 is 3.18 bits per heavy atom. The molecule has 4 N–H and O–H groups in total. The van der Waals surface area contributed by atoms with Gasteiger partial charge in [-0.15, -0.1) is 0 Å².